The van der Waals surface area contributed by atoms with Gasteiger partial charge in [0.1, 0.15) is 5.82 Å². The van der Waals surface area contributed by atoms with Crippen molar-refractivity contribution in [1.29, 1.82) is 0 Å². The van der Waals surface area contributed by atoms with E-state index in [4.69, 9.17) is 9.84 Å². The summed E-state index contributed by atoms with van der Waals surface area (Å²) in [5.74, 6) is -1.67. The molecule has 0 aliphatic rings. The van der Waals surface area contributed by atoms with Crippen LogP contribution in [0.3, 0.4) is 0 Å². The van der Waals surface area contributed by atoms with Gasteiger partial charge in [0.15, 0.2) is 0 Å². The van der Waals surface area contributed by atoms with Gasteiger partial charge in [0, 0.05) is 19.7 Å². The molecule has 5 heteroatoms. The number of carboxylic acid groups (broad SMARTS) is 1. The van der Waals surface area contributed by atoms with Crippen LogP contribution in [0.15, 0.2) is 18.2 Å². The molecule has 0 spiro atoms. The third-order valence-electron chi connectivity index (χ3n) is 2.62. The van der Waals surface area contributed by atoms with Crippen molar-refractivity contribution < 1.29 is 19.0 Å². The fraction of sp³-hybridized carbons (Fsp3) is 0.462. The van der Waals surface area contributed by atoms with Crippen LogP contribution in [0.2, 0.25) is 0 Å². The van der Waals surface area contributed by atoms with Gasteiger partial charge in [-0.05, 0) is 32.0 Å². The number of carboxylic acids is 1. The molecule has 0 saturated heterocycles. The van der Waals surface area contributed by atoms with E-state index in [0.29, 0.717) is 32.0 Å². The minimum Gasteiger partial charge on any atom is -0.478 e. The Labute approximate surface area is 106 Å². The molecule has 0 radical (unpaired) electrons. The van der Waals surface area contributed by atoms with Crippen molar-refractivity contribution in [2.24, 2.45) is 0 Å². The molecular formula is C13H18FNO3. The van der Waals surface area contributed by atoms with Crippen molar-refractivity contribution >= 4 is 11.7 Å². The highest BCUT2D eigenvalue weighted by Crippen LogP contribution is 2.21. The molecule has 1 aromatic carbocycles. The normalized spacial score (nSPS) is 10.4. The summed E-state index contributed by atoms with van der Waals surface area (Å²) >= 11 is 0. The lowest BCUT2D eigenvalue weighted by Gasteiger charge is -2.24. The second-order valence-electron chi connectivity index (χ2n) is 3.74. The zero-order valence-corrected chi connectivity index (χ0v) is 10.6. The molecule has 0 bridgehead atoms. The molecule has 0 heterocycles. The summed E-state index contributed by atoms with van der Waals surface area (Å²) in [4.78, 5) is 13.0. The number of carbonyl (C=O) groups is 1. The van der Waals surface area contributed by atoms with Crippen molar-refractivity contribution in [2.75, 3.05) is 31.2 Å². The first-order valence-electron chi connectivity index (χ1n) is 5.95. The number of halogens is 1. The lowest BCUT2D eigenvalue weighted by atomic mass is 10.1. The van der Waals surface area contributed by atoms with Gasteiger partial charge in [0.05, 0.1) is 17.9 Å². The molecule has 0 fully saturated rings. The average molecular weight is 255 g/mol. The van der Waals surface area contributed by atoms with Crippen molar-refractivity contribution in [1.82, 2.24) is 0 Å². The van der Waals surface area contributed by atoms with Gasteiger partial charge in [-0.3, -0.25) is 0 Å². The highest BCUT2D eigenvalue weighted by Gasteiger charge is 2.15. The summed E-state index contributed by atoms with van der Waals surface area (Å²) in [6.07, 6.45) is 0. The zero-order chi connectivity index (χ0) is 13.5. The smallest absolute Gasteiger partial charge is 0.337 e. The molecule has 4 nitrogen and oxygen atoms in total. The van der Waals surface area contributed by atoms with Crippen molar-refractivity contribution in [3.8, 4) is 0 Å². The largest absolute Gasteiger partial charge is 0.478 e. The molecule has 1 rings (SSSR count). The Balaban J connectivity index is 2.93. The number of ether oxygens (including phenoxy) is 1. The number of likely N-dealkylation sites (N-methyl/N-ethyl adjacent to an activating group) is 1. The highest BCUT2D eigenvalue weighted by atomic mass is 19.1. The van der Waals surface area contributed by atoms with Gasteiger partial charge in [-0.1, -0.05) is 0 Å². The molecule has 18 heavy (non-hydrogen) atoms. The molecule has 0 aromatic heterocycles. The fourth-order valence-corrected chi connectivity index (χ4v) is 1.72. The third-order valence-corrected chi connectivity index (χ3v) is 2.62. The lowest BCUT2D eigenvalue weighted by Crippen LogP contribution is -2.28. The van der Waals surface area contributed by atoms with Gasteiger partial charge >= 0.3 is 5.97 Å². The van der Waals surface area contributed by atoms with Gasteiger partial charge in [-0.25, -0.2) is 9.18 Å². The zero-order valence-electron chi connectivity index (χ0n) is 10.6. The van der Waals surface area contributed by atoms with E-state index in [-0.39, 0.29) is 5.56 Å². The number of aromatic carboxylic acids is 1. The molecule has 0 unspecified atom stereocenters. The van der Waals surface area contributed by atoms with Gasteiger partial charge < -0.3 is 14.7 Å². The van der Waals surface area contributed by atoms with E-state index in [0.717, 1.165) is 6.07 Å². The van der Waals surface area contributed by atoms with Crippen molar-refractivity contribution in [2.45, 2.75) is 13.8 Å². The molecule has 1 N–H and O–H groups in total. The first-order chi connectivity index (χ1) is 8.60. The summed E-state index contributed by atoms with van der Waals surface area (Å²) in [6, 6.07) is 3.81. The van der Waals surface area contributed by atoms with Crippen LogP contribution < -0.4 is 4.90 Å². The van der Waals surface area contributed by atoms with Crippen LogP contribution >= 0.6 is 0 Å². The first-order valence-corrected chi connectivity index (χ1v) is 5.95. The van der Waals surface area contributed by atoms with E-state index in [1.807, 2.05) is 18.7 Å². The Morgan fingerprint density at radius 3 is 2.72 bits per heavy atom. The quantitative estimate of drug-likeness (QED) is 0.760. The van der Waals surface area contributed by atoms with E-state index in [1.54, 1.807) is 0 Å². The monoisotopic (exact) mass is 255 g/mol. The molecule has 0 aliphatic heterocycles. The SMILES string of the molecule is CCOCCN(CC)c1ccc(F)cc1C(=O)O. The Morgan fingerprint density at radius 1 is 1.44 bits per heavy atom. The summed E-state index contributed by atoms with van der Waals surface area (Å²) in [5, 5.41) is 9.08. The van der Waals surface area contributed by atoms with Gasteiger partial charge in [0.25, 0.3) is 0 Å². The number of anilines is 1. The van der Waals surface area contributed by atoms with E-state index < -0.39 is 11.8 Å². The summed E-state index contributed by atoms with van der Waals surface area (Å²) in [7, 11) is 0. The molecule has 0 atom stereocenters. The van der Waals surface area contributed by atoms with E-state index in [2.05, 4.69) is 0 Å². The maximum absolute atomic E-state index is 13.1. The number of benzene rings is 1. The van der Waals surface area contributed by atoms with E-state index in [1.165, 1.54) is 12.1 Å². The Morgan fingerprint density at radius 2 is 2.17 bits per heavy atom. The second kappa shape index (κ2) is 6.96. The summed E-state index contributed by atoms with van der Waals surface area (Å²) < 4.78 is 18.3. The predicted octanol–water partition coefficient (Wildman–Crippen LogP) is 2.39. The Bertz CT molecular complexity index is 409. The Kier molecular flexibility index (Phi) is 5.58. The van der Waals surface area contributed by atoms with Crippen molar-refractivity contribution in [3.63, 3.8) is 0 Å². The van der Waals surface area contributed by atoms with Crippen LogP contribution in [0.1, 0.15) is 24.2 Å². The molecule has 1 aromatic rings. The number of hydrogen-bond donors (Lipinski definition) is 1. The van der Waals surface area contributed by atoms with Crippen LogP contribution in [0, 0.1) is 5.82 Å². The summed E-state index contributed by atoms with van der Waals surface area (Å²) in [6.45, 7) is 6.17. The maximum atomic E-state index is 13.1. The molecule has 0 aliphatic carbocycles. The summed E-state index contributed by atoms with van der Waals surface area (Å²) in [5.41, 5.74) is 0.499. The van der Waals surface area contributed by atoms with Crippen molar-refractivity contribution in [3.05, 3.63) is 29.6 Å². The van der Waals surface area contributed by atoms with Crippen LogP contribution in [-0.2, 0) is 4.74 Å². The molecular weight excluding hydrogens is 237 g/mol. The standard InChI is InChI=1S/C13H18FNO3/c1-3-15(7-8-18-4-2)12-6-5-10(14)9-11(12)13(16)17/h5-6,9H,3-4,7-8H2,1-2H3,(H,16,17). The maximum Gasteiger partial charge on any atom is 0.337 e. The second-order valence-corrected chi connectivity index (χ2v) is 3.74. The van der Waals surface area contributed by atoms with E-state index in [9.17, 15) is 9.18 Å². The predicted molar refractivity (Wildman–Crippen MR) is 67.7 cm³/mol. The fourth-order valence-electron chi connectivity index (χ4n) is 1.72. The van der Waals surface area contributed by atoms with Gasteiger partial charge in [0.2, 0.25) is 0 Å². The average Bonchev–Trinajstić information content (AvgIpc) is 2.35. The molecule has 0 saturated carbocycles. The van der Waals surface area contributed by atoms with Gasteiger partial charge in [-0.2, -0.15) is 0 Å². The highest BCUT2D eigenvalue weighted by molar-refractivity contribution is 5.94. The lowest BCUT2D eigenvalue weighted by molar-refractivity contribution is 0.0696. The van der Waals surface area contributed by atoms with Crippen LogP contribution in [0.5, 0.6) is 0 Å². The molecule has 0 amide bonds. The minimum absolute atomic E-state index is 0.0200. The van der Waals surface area contributed by atoms with Crippen LogP contribution in [0.25, 0.3) is 0 Å². The van der Waals surface area contributed by atoms with Gasteiger partial charge in [-0.15, -0.1) is 0 Å². The number of rotatable bonds is 7. The number of hydrogen-bond acceptors (Lipinski definition) is 3. The Hall–Kier alpha value is -1.62. The topological polar surface area (TPSA) is 49.8 Å². The van der Waals surface area contributed by atoms with Crippen LogP contribution in [0.4, 0.5) is 10.1 Å². The first kappa shape index (κ1) is 14.4. The minimum atomic E-state index is -1.13. The van der Waals surface area contributed by atoms with Crippen LogP contribution in [-0.4, -0.2) is 37.4 Å². The van der Waals surface area contributed by atoms with E-state index >= 15 is 0 Å². The third kappa shape index (κ3) is 3.70. The number of nitrogens with zero attached hydrogens (tertiary/aromatic N) is 1. The molecule has 100 valence electrons.